The Kier molecular flexibility index (Phi) is 6.42. The van der Waals surface area contributed by atoms with E-state index in [9.17, 15) is 15.0 Å². The minimum atomic E-state index is -0.454. The number of amides is 1. The lowest BCUT2D eigenvalue weighted by molar-refractivity contribution is -0.128. The lowest BCUT2D eigenvalue weighted by Gasteiger charge is -2.18. The molecule has 0 aromatic rings. The number of fused-ring (bicyclic) bond motifs is 1. The van der Waals surface area contributed by atoms with Gasteiger partial charge in [-0.05, 0) is 50.9 Å². The molecule has 5 atom stereocenters. The molecular weight excluding hydrogens is 290 g/mol. The Labute approximate surface area is 139 Å². The number of allylic oxidation sites excluding steroid dienone is 2. The highest BCUT2D eigenvalue weighted by atomic mass is 16.3. The van der Waals surface area contributed by atoms with Crippen LogP contribution in [-0.2, 0) is 4.79 Å². The molecule has 4 heteroatoms. The zero-order valence-electron chi connectivity index (χ0n) is 14.6. The molecule has 0 aliphatic heterocycles. The molecule has 1 fully saturated rings. The van der Waals surface area contributed by atoms with E-state index in [1.54, 1.807) is 32.0 Å². The Morgan fingerprint density at radius 3 is 2.83 bits per heavy atom. The van der Waals surface area contributed by atoms with E-state index in [0.29, 0.717) is 18.3 Å². The SMILES string of the molecule is C[C@@H](O)/C=C/[C@@H]1[C@H]2CC(CCCCC(=O)N(C)C)=C[C@H]2C[C@H]1O. The van der Waals surface area contributed by atoms with Crippen molar-refractivity contribution in [2.75, 3.05) is 14.1 Å². The summed E-state index contributed by atoms with van der Waals surface area (Å²) >= 11 is 0. The van der Waals surface area contributed by atoms with E-state index in [1.165, 1.54) is 5.57 Å². The van der Waals surface area contributed by atoms with Crippen molar-refractivity contribution in [2.24, 2.45) is 17.8 Å². The van der Waals surface area contributed by atoms with Crippen molar-refractivity contribution >= 4 is 5.91 Å². The van der Waals surface area contributed by atoms with Crippen molar-refractivity contribution in [1.82, 2.24) is 4.90 Å². The van der Waals surface area contributed by atoms with Crippen LogP contribution in [0.5, 0.6) is 0 Å². The average Bonchev–Trinajstić information content (AvgIpc) is 2.97. The van der Waals surface area contributed by atoms with E-state index in [1.807, 2.05) is 6.08 Å². The van der Waals surface area contributed by atoms with Crippen molar-refractivity contribution in [3.8, 4) is 0 Å². The summed E-state index contributed by atoms with van der Waals surface area (Å²) in [7, 11) is 3.60. The number of hydrogen-bond acceptors (Lipinski definition) is 3. The number of unbranched alkanes of at least 4 members (excludes halogenated alkanes) is 1. The van der Waals surface area contributed by atoms with Crippen molar-refractivity contribution in [3.05, 3.63) is 23.8 Å². The summed E-state index contributed by atoms with van der Waals surface area (Å²) in [6.45, 7) is 1.74. The van der Waals surface area contributed by atoms with Crippen LogP contribution in [0.25, 0.3) is 0 Å². The number of nitrogens with zero attached hydrogens (tertiary/aromatic N) is 1. The van der Waals surface area contributed by atoms with E-state index in [-0.39, 0.29) is 17.9 Å². The molecule has 0 heterocycles. The number of hydrogen-bond donors (Lipinski definition) is 2. The molecule has 1 amide bonds. The molecule has 23 heavy (non-hydrogen) atoms. The van der Waals surface area contributed by atoms with Gasteiger partial charge < -0.3 is 15.1 Å². The topological polar surface area (TPSA) is 60.8 Å². The Balaban J connectivity index is 1.78. The van der Waals surface area contributed by atoms with Gasteiger partial charge in [0.2, 0.25) is 5.91 Å². The van der Waals surface area contributed by atoms with Gasteiger partial charge in [-0.2, -0.15) is 0 Å². The number of carbonyl (C=O) groups excluding carboxylic acids is 1. The van der Waals surface area contributed by atoms with Gasteiger partial charge in [-0.3, -0.25) is 4.79 Å². The summed E-state index contributed by atoms with van der Waals surface area (Å²) in [6, 6.07) is 0. The maximum Gasteiger partial charge on any atom is 0.222 e. The fourth-order valence-corrected chi connectivity index (χ4v) is 3.93. The first-order valence-corrected chi connectivity index (χ1v) is 8.82. The molecule has 0 unspecified atom stereocenters. The summed E-state index contributed by atoms with van der Waals surface area (Å²) in [5.41, 5.74) is 1.49. The summed E-state index contributed by atoms with van der Waals surface area (Å²) in [5.74, 6) is 1.33. The van der Waals surface area contributed by atoms with Gasteiger partial charge in [-0.15, -0.1) is 0 Å². The third-order valence-electron chi connectivity index (χ3n) is 5.20. The molecule has 2 rings (SSSR count). The smallest absolute Gasteiger partial charge is 0.222 e. The molecule has 4 nitrogen and oxygen atoms in total. The van der Waals surface area contributed by atoms with E-state index >= 15 is 0 Å². The maximum absolute atomic E-state index is 11.6. The van der Waals surface area contributed by atoms with Crippen LogP contribution in [0, 0.1) is 17.8 Å². The van der Waals surface area contributed by atoms with Crippen LogP contribution in [-0.4, -0.2) is 47.3 Å². The minimum absolute atomic E-state index is 0.165. The van der Waals surface area contributed by atoms with Gasteiger partial charge in [0.1, 0.15) is 0 Å². The van der Waals surface area contributed by atoms with Crippen LogP contribution in [0.3, 0.4) is 0 Å². The lowest BCUT2D eigenvalue weighted by Crippen LogP contribution is -2.21. The van der Waals surface area contributed by atoms with Crippen LogP contribution in [0.15, 0.2) is 23.8 Å². The molecule has 2 N–H and O–H groups in total. The fourth-order valence-electron chi connectivity index (χ4n) is 3.93. The zero-order valence-corrected chi connectivity index (χ0v) is 14.6. The first kappa shape index (κ1) is 18.2. The average molecular weight is 321 g/mol. The fraction of sp³-hybridized carbons (Fsp3) is 0.737. The van der Waals surface area contributed by atoms with Gasteiger partial charge in [0.05, 0.1) is 12.2 Å². The number of aliphatic hydroxyl groups excluding tert-OH is 2. The third kappa shape index (κ3) is 4.92. The second-order valence-corrected chi connectivity index (χ2v) is 7.36. The number of aliphatic hydroxyl groups is 2. The second kappa shape index (κ2) is 8.11. The summed E-state index contributed by atoms with van der Waals surface area (Å²) in [6.07, 6.45) is 11.0. The highest BCUT2D eigenvalue weighted by Gasteiger charge is 2.43. The monoisotopic (exact) mass is 321 g/mol. The standard InChI is InChI=1S/C19H31NO3/c1-13(21)8-9-16-17-11-14(10-15(17)12-18(16)22)6-4-5-7-19(23)20(2)3/h8-10,13,15-18,21-22H,4-7,11-12H2,1-3H3/b9-8+/t13-,15+,16-,17+,18-/m1/s1. The van der Waals surface area contributed by atoms with E-state index < -0.39 is 6.10 Å². The molecule has 2 aliphatic rings. The summed E-state index contributed by atoms with van der Waals surface area (Å²) in [5, 5.41) is 19.6. The Morgan fingerprint density at radius 2 is 2.17 bits per heavy atom. The van der Waals surface area contributed by atoms with Crippen LogP contribution < -0.4 is 0 Å². The first-order valence-electron chi connectivity index (χ1n) is 8.82. The van der Waals surface area contributed by atoms with Crippen LogP contribution in [0.4, 0.5) is 0 Å². The summed E-state index contributed by atoms with van der Waals surface area (Å²) < 4.78 is 0. The van der Waals surface area contributed by atoms with Gasteiger partial charge in [-0.1, -0.05) is 23.8 Å². The predicted molar refractivity (Wildman–Crippen MR) is 91.8 cm³/mol. The molecule has 2 aliphatic carbocycles. The van der Waals surface area contributed by atoms with Crippen molar-refractivity contribution < 1.29 is 15.0 Å². The van der Waals surface area contributed by atoms with Gasteiger partial charge in [0, 0.05) is 26.4 Å². The number of rotatable bonds is 7. The zero-order chi connectivity index (χ0) is 17.0. The van der Waals surface area contributed by atoms with Crippen molar-refractivity contribution in [1.29, 1.82) is 0 Å². The van der Waals surface area contributed by atoms with Crippen molar-refractivity contribution in [3.63, 3.8) is 0 Å². The Hall–Kier alpha value is -1.13. The van der Waals surface area contributed by atoms with Gasteiger partial charge in [0.15, 0.2) is 0 Å². The van der Waals surface area contributed by atoms with Gasteiger partial charge in [-0.25, -0.2) is 0 Å². The van der Waals surface area contributed by atoms with E-state index in [2.05, 4.69) is 6.08 Å². The van der Waals surface area contributed by atoms with Crippen LogP contribution >= 0.6 is 0 Å². The van der Waals surface area contributed by atoms with Crippen LogP contribution in [0.2, 0.25) is 0 Å². The van der Waals surface area contributed by atoms with E-state index in [0.717, 1.165) is 32.1 Å². The summed E-state index contributed by atoms with van der Waals surface area (Å²) in [4.78, 5) is 13.2. The molecule has 0 spiro atoms. The molecule has 130 valence electrons. The molecule has 0 aromatic heterocycles. The Morgan fingerprint density at radius 1 is 1.43 bits per heavy atom. The third-order valence-corrected chi connectivity index (χ3v) is 5.20. The molecular formula is C19H31NO3. The molecule has 0 aromatic carbocycles. The quantitative estimate of drug-likeness (QED) is 0.559. The molecule has 0 radical (unpaired) electrons. The minimum Gasteiger partial charge on any atom is -0.392 e. The second-order valence-electron chi connectivity index (χ2n) is 7.36. The normalized spacial score (nSPS) is 31.3. The predicted octanol–water partition coefficient (Wildman–Crippen LogP) is 2.52. The largest absolute Gasteiger partial charge is 0.392 e. The van der Waals surface area contributed by atoms with Crippen molar-refractivity contribution in [2.45, 2.75) is 57.7 Å². The molecule has 0 bridgehead atoms. The Bertz CT molecular complexity index is 467. The molecule has 0 saturated heterocycles. The number of carbonyl (C=O) groups is 1. The van der Waals surface area contributed by atoms with Gasteiger partial charge >= 0.3 is 0 Å². The van der Waals surface area contributed by atoms with Gasteiger partial charge in [0.25, 0.3) is 0 Å². The molecule has 1 saturated carbocycles. The highest BCUT2D eigenvalue weighted by Crippen LogP contribution is 2.48. The first-order chi connectivity index (χ1) is 10.9. The lowest BCUT2D eigenvalue weighted by atomic mass is 9.88. The highest BCUT2D eigenvalue weighted by molar-refractivity contribution is 5.75. The van der Waals surface area contributed by atoms with E-state index in [4.69, 9.17) is 0 Å². The van der Waals surface area contributed by atoms with Crippen LogP contribution in [0.1, 0.15) is 45.4 Å². The maximum atomic E-state index is 11.6.